The van der Waals surface area contributed by atoms with Crippen LogP contribution in [-0.2, 0) is 6.54 Å². The lowest BCUT2D eigenvalue weighted by atomic mass is 10.1. The van der Waals surface area contributed by atoms with E-state index in [-0.39, 0.29) is 5.95 Å². The molecule has 11 heteroatoms. The van der Waals surface area contributed by atoms with Crippen LogP contribution in [0.3, 0.4) is 0 Å². The number of amides is 1. The van der Waals surface area contributed by atoms with Crippen molar-refractivity contribution < 1.29 is 14.6 Å². The minimum absolute atomic E-state index is 0.151. The summed E-state index contributed by atoms with van der Waals surface area (Å²) in [5.41, 5.74) is 4.67. The molecule has 1 amide bonds. The Morgan fingerprint density at radius 3 is 2.71 bits per heavy atom. The number of carboxylic acid groups (broad SMARTS) is 1. The minimum atomic E-state index is -1.10. The molecule has 38 heavy (non-hydrogen) atoms. The van der Waals surface area contributed by atoms with E-state index in [0.29, 0.717) is 18.2 Å². The SMILES string of the molecule is COc1c(C)cnc(Cn2nc3c4c(nc(N(C(=O)O)C(C)(C)C)nc42)SCC(CCNC2CC2)=C3)c1C. The molecule has 1 fully saturated rings. The van der Waals surface area contributed by atoms with Gasteiger partial charge in [-0.3, -0.25) is 4.98 Å². The number of hydrogen-bond donors (Lipinski definition) is 2. The number of aryl methyl sites for hydroxylation is 1. The number of carbonyl (C=O) groups is 1. The van der Waals surface area contributed by atoms with Gasteiger partial charge in [0.05, 0.1) is 30.4 Å². The minimum Gasteiger partial charge on any atom is -0.496 e. The molecule has 0 spiro atoms. The van der Waals surface area contributed by atoms with E-state index >= 15 is 0 Å². The molecule has 4 heterocycles. The number of ether oxygens (including phenoxy) is 1. The van der Waals surface area contributed by atoms with Crippen LogP contribution in [-0.4, -0.2) is 66.9 Å². The van der Waals surface area contributed by atoms with Gasteiger partial charge in [0.1, 0.15) is 10.8 Å². The number of methoxy groups -OCH3 is 1. The van der Waals surface area contributed by atoms with Crippen molar-refractivity contribution in [3.05, 3.63) is 34.3 Å². The summed E-state index contributed by atoms with van der Waals surface area (Å²) in [7, 11) is 1.66. The molecular weight excluding hydrogens is 502 g/mol. The van der Waals surface area contributed by atoms with Crippen molar-refractivity contribution in [2.24, 2.45) is 0 Å². The summed E-state index contributed by atoms with van der Waals surface area (Å²) in [6, 6.07) is 0.659. The average Bonchev–Trinajstić information content (AvgIpc) is 3.62. The molecule has 1 aliphatic heterocycles. The molecule has 3 aromatic rings. The lowest BCUT2D eigenvalue weighted by Gasteiger charge is -2.31. The zero-order valence-electron chi connectivity index (χ0n) is 22.8. The highest BCUT2D eigenvalue weighted by molar-refractivity contribution is 7.99. The molecule has 2 aliphatic rings. The Morgan fingerprint density at radius 1 is 1.29 bits per heavy atom. The maximum Gasteiger partial charge on any atom is 0.414 e. The van der Waals surface area contributed by atoms with Crippen LogP contribution in [0.15, 0.2) is 16.8 Å². The maximum atomic E-state index is 12.3. The zero-order valence-corrected chi connectivity index (χ0v) is 23.6. The number of anilines is 1. The third kappa shape index (κ3) is 5.22. The summed E-state index contributed by atoms with van der Waals surface area (Å²) >= 11 is 1.61. The van der Waals surface area contributed by atoms with E-state index in [2.05, 4.69) is 16.4 Å². The molecular formula is C27H35N7O3S. The fourth-order valence-corrected chi connectivity index (χ4v) is 5.82. The third-order valence-corrected chi connectivity index (χ3v) is 7.96. The van der Waals surface area contributed by atoms with E-state index in [1.54, 1.807) is 25.1 Å². The standard InChI is InChI=1S/C27H35N7O3S/c1-15-12-29-20(16(2)22(15)37-6)13-33-23-21-19(32-33)11-17(9-10-28-18-7-8-18)14-38-24(21)31-25(30-23)34(26(35)36)27(3,4)5/h11-12,18,28H,7-10,13-14H2,1-6H3,(H,35,36). The Hall–Kier alpha value is -3.18. The molecule has 1 aliphatic carbocycles. The summed E-state index contributed by atoms with van der Waals surface area (Å²) in [5, 5.41) is 20.2. The van der Waals surface area contributed by atoms with Gasteiger partial charge in [-0.25, -0.2) is 19.4 Å². The quantitative estimate of drug-likeness (QED) is 0.390. The zero-order chi connectivity index (χ0) is 27.2. The second-order valence-electron chi connectivity index (χ2n) is 11.0. The number of pyridine rings is 1. The third-order valence-electron chi connectivity index (χ3n) is 6.88. The van der Waals surface area contributed by atoms with Crippen molar-refractivity contribution in [3.63, 3.8) is 0 Å². The van der Waals surface area contributed by atoms with Gasteiger partial charge in [0.25, 0.3) is 0 Å². The molecule has 0 aromatic carbocycles. The number of rotatable bonds is 8. The summed E-state index contributed by atoms with van der Waals surface area (Å²) < 4.78 is 7.43. The Balaban J connectivity index is 1.62. The molecule has 5 rings (SSSR count). The van der Waals surface area contributed by atoms with Gasteiger partial charge >= 0.3 is 6.09 Å². The molecule has 3 aromatic heterocycles. The van der Waals surface area contributed by atoms with Crippen LogP contribution in [0, 0.1) is 13.8 Å². The summed E-state index contributed by atoms with van der Waals surface area (Å²) in [4.78, 5) is 27.7. The lowest BCUT2D eigenvalue weighted by Crippen LogP contribution is -2.46. The first-order valence-electron chi connectivity index (χ1n) is 12.9. The van der Waals surface area contributed by atoms with Crippen LogP contribution >= 0.6 is 11.8 Å². The monoisotopic (exact) mass is 537 g/mol. The number of aromatic nitrogens is 5. The molecule has 10 nitrogen and oxygen atoms in total. The lowest BCUT2D eigenvalue weighted by molar-refractivity contribution is 0.195. The fraction of sp³-hybridized carbons (Fsp3) is 0.519. The number of hydrogen-bond acceptors (Lipinski definition) is 8. The van der Waals surface area contributed by atoms with Crippen molar-refractivity contribution in [3.8, 4) is 5.75 Å². The van der Waals surface area contributed by atoms with E-state index in [1.165, 1.54) is 23.3 Å². The van der Waals surface area contributed by atoms with Gasteiger partial charge in [-0.15, -0.1) is 11.8 Å². The Bertz CT molecular complexity index is 1420. The van der Waals surface area contributed by atoms with E-state index in [0.717, 1.165) is 57.4 Å². The van der Waals surface area contributed by atoms with Crippen LogP contribution in [0.1, 0.15) is 62.5 Å². The molecule has 0 radical (unpaired) electrons. The predicted molar refractivity (Wildman–Crippen MR) is 149 cm³/mol. The van der Waals surface area contributed by atoms with Crippen molar-refractivity contribution in [1.82, 2.24) is 30.0 Å². The largest absolute Gasteiger partial charge is 0.496 e. The van der Waals surface area contributed by atoms with Gasteiger partial charge in [-0.1, -0.05) is 5.57 Å². The van der Waals surface area contributed by atoms with Gasteiger partial charge in [0, 0.05) is 34.7 Å². The van der Waals surface area contributed by atoms with Crippen LogP contribution in [0.25, 0.3) is 17.1 Å². The van der Waals surface area contributed by atoms with Crippen LogP contribution in [0.2, 0.25) is 0 Å². The normalized spacial score (nSPS) is 15.4. The van der Waals surface area contributed by atoms with Crippen molar-refractivity contribution in [2.75, 3.05) is 24.3 Å². The second-order valence-corrected chi connectivity index (χ2v) is 11.9. The molecule has 0 bridgehead atoms. The van der Waals surface area contributed by atoms with E-state index in [4.69, 9.17) is 19.8 Å². The number of thioether (sulfide) groups is 1. The highest BCUT2D eigenvalue weighted by Crippen LogP contribution is 2.37. The van der Waals surface area contributed by atoms with Gasteiger partial charge < -0.3 is 15.2 Å². The molecule has 2 N–H and O–H groups in total. The molecule has 202 valence electrons. The smallest absolute Gasteiger partial charge is 0.414 e. The highest BCUT2D eigenvalue weighted by Gasteiger charge is 2.33. The second kappa shape index (κ2) is 10.2. The maximum absolute atomic E-state index is 12.3. The highest BCUT2D eigenvalue weighted by atomic mass is 32.2. The number of nitrogens with one attached hydrogen (secondary N) is 1. The molecule has 0 saturated heterocycles. The first-order valence-corrected chi connectivity index (χ1v) is 13.9. The van der Waals surface area contributed by atoms with Crippen LogP contribution < -0.4 is 15.0 Å². The van der Waals surface area contributed by atoms with E-state index in [1.807, 2.05) is 39.3 Å². The van der Waals surface area contributed by atoms with Crippen molar-refractivity contribution >= 4 is 40.9 Å². The predicted octanol–water partition coefficient (Wildman–Crippen LogP) is 4.81. The van der Waals surface area contributed by atoms with Crippen molar-refractivity contribution in [1.29, 1.82) is 0 Å². The van der Waals surface area contributed by atoms with Crippen molar-refractivity contribution in [2.45, 2.75) is 77.0 Å². The summed E-state index contributed by atoms with van der Waals surface area (Å²) in [6.07, 6.45) is 6.29. The summed E-state index contributed by atoms with van der Waals surface area (Å²) in [5.74, 6) is 1.72. The number of nitrogens with zero attached hydrogens (tertiary/aromatic N) is 6. The fourth-order valence-electron chi connectivity index (χ4n) is 4.78. The average molecular weight is 538 g/mol. The molecule has 0 atom stereocenters. The van der Waals surface area contributed by atoms with Gasteiger partial charge in [-0.2, -0.15) is 10.1 Å². The Labute approximate surface area is 226 Å². The first-order chi connectivity index (χ1) is 18.1. The molecule has 1 saturated carbocycles. The molecule has 0 unspecified atom stereocenters. The van der Waals surface area contributed by atoms with Gasteiger partial charge in [0.2, 0.25) is 5.95 Å². The van der Waals surface area contributed by atoms with Crippen LogP contribution in [0.5, 0.6) is 5.75 Å². The van der Waals surface area contributed by atoms with Gasteiger partial charge in [0.15, 0.2) is 5.65 Å². The van der Waals surface area contributed by atoms with Crippen LogP contribution in [0.4, 0.5) is 10.7 Å². The Morgan fingerprint density at radius 2 is 2.05 bits per heavy atom. The van der Waals surface area contributed by atoms with E-state index in [9.17, 15) is 9.90 Å². The Kier molecular flexibility index (Phi) is 7.08. The topological polar surface area (TPSA) is 118 Å². The first kappa shape index (κ1) is 26.4. The van der Waals surface area contributed by atoms with E-state index < -0.39 is 11.6 Å². The summed E-state index contributed by atoms with van der Waals surface area (Å²) in [6.45, 7) is 10.8. The van der Waals surface area contributed by atoms with Gasteiger partial charge in [-0.05, 0) is 66.5 Å².